The van der Waals surface area contributed by atoms with Gasteiger partial charge in [-0.2, -0.15) is 4.98 Å². The Kier molecular flexibility index (Phi) is 3.82. The second kappa shape index (κ2) is 5.09. The van der Waals surface area contributed by atoms with Gasteiger partial charge < -0.3 is 15.4 Å². The summed E-state index contributed by atoms with van der Waals surface area (Å²) in [6.07, 6.45) is 2.17. The Morgan fingerprint density at radius 1 is 1.42 bits per heavy atom. The second-order valence-electron chi connectivity index (χ2n) is 6.20. The number of piperidine rings is 1. The van der Waals surface area contributed by atoms with Crippen LogP contribution in [0.3, 0.4) is 0 Å². The number of rotatable bonds is 4. The molecule has 0 aromatic carbocycles. The fourth-order valence-electron chi connectivity index (χ4n) is 2.21. The lowest BCUT2D eigenvalue weighted by atomic mass is 9.81. The van der Waals surface area contributed by atoms with Crippen molar-refractivity contribution >= 4 is 5.95 Å². The van der Waals surface area contributed by atoms with Crippen molar-refractivity contribution in [1.82, 2.24) is 15.2 Å². The highest BCUT2D eigenvalue weighted by Crippen LogP contribution is 2.31. The van der Waals surface area contributed by atoms with Crippen LogP contribution in [0.1, 0.15) is 39.4 Å². The van der Waals surface area contributed by atoms with Gasteiger partial charge in [-0.15, -0.1) is 5.10 Å². The molecule has 1 aliphatic heterocycles. The van der Waals surface area contributed by atoms with E-state index in [2.05, 4.69) is 27.0 Å². The van der Waals surface area contributed by atoms with E-state index >= 15 is 0 Å². The van der Waals surface area contributed by atoms with E-state index in [0.29, 0.717) is 0 Å². The quantitative estimate of drug-likeness (QED) is 0.858. The Bertz CT molecular complexity index is 420. The van der Waals surface area contributed by atoms with Gasteiger partial charge in [0.25, 0.3) is 0 Å². The predicted molar refractivity (Wildman–Crippen MR) is 75.0 cm³/mol. The lowest BCUT2D eigenvalue weighted by molar-refractivity contribution is 0.0118. The molecule has 0 atom stereocenters. The van der Waals surface area contributed by atoms with Gasteiger partial charge in [0, 0.05) is 20.2 Å². The Labute approximate surface area is 114 Å². The summed E-state index contributed by atoms with van der Waals surface area (Å²) in [6, 6.07) is 0. The first kappa shape index (κ1) is 14.3. The number of aromatic amines is 1. The van der Waals surface area contributed by atoms with Crippen molar-refractivity contribution in [2.24, 2.45) is 11.1 Å². The third-order valence-corrected chi connectivity index (χ3v) is 4.30. The molecule has 0 saturated carbocycles. The zero-order valence-corrected chi connectivity index (χ0v) is 12.4. The maximum atomic E-state index is 5.83. The van der Waals surface area contributed by atoms with Crippen molar-refractivity contribution in [3.8, 4) is 0 Å². The number of H-pyrrole nitrogens is 1. The van der Waals surface area contributed by atoms with Gasteiger partial charge >= 0.3 is 0 Å². The van der Waals surface area contributed by atoms with Crippen LogP contribution in [-0.2, 0) is 10.3 Å². The molecule has 1 fully saturated rings. The number of hydrogen-bond acceptors (Lipinski definition) is 5. The minimum absolute atomic E-state index is 0.265. The zero-order chi connectivity index (χ0) is 14.1. The molecule has 1 aromatic heterocycles. The highest BCUT2D eigenvalue weighted by Gasteiger charge is 2.31. The Hall–Kier alpha value is -1.14. The number of anilines is 1. The number of nitrogens with two attached hydrogens (primary N) is 1. The molecule has 2 heterocycles. The fourth-order valence-corrected chi connectivity index (χ4v) is 2.21. The first-order valence-corrected chi connectivity index (χ1v) is 6.83. The Balaban J connectivity index is 2.05. The van der Waals surface area contributed by atoms with Crippen LogP contribution in [-0.4, -0.2) is 41.9 Å². The first-order valence-electron chi connectivity index (χ1n) is 6.83. The molecule has 3 N–H and O–H groups in total. The first-order chi connectivity index (χ1) is 8.90. The molecule has 0 unspecified atom stereocenters. The minimum atomic E-state index is -0.438. The number of nitrogens with one attached hydrogen (secondary N) is 1. The van der Waals surface area contributed by atoms with Gasteiger partial charge in [0.15, 0.2) is 5.82 Å². The molecule has 19 heavy (non-hydrogen) atoms. The number of aromatic nitrogens is 3. The SMILES string of the molecule is COC(C)(C)c1nc(N2CCC(C)(CN)CC2)n[nH]1. The summed E-state index contributed by atoms with van der Waals surface area (Å²) in [6.45, 7) is 8.85. The summed E-state index contributed by atoms with van der Waals surface area (Å²) in [5.74, 6) is 1.52. The number of ether oxygens (including phenoxy) is 1. The van der Waals surface area contributed by atoms with Crippen molar-refractivity contribution < 1.29 is 4.74 Å². The molecule has 0 bridgehead atoms. The van der Waals surface area contributed by atoms with Crippen molar-refractivity contribution in [1.29, 1.82) is 0 Å². The molecule has 0 aliphatic carbocycles. The third kappa shape index (κ3) is 2.90. The molecule has 6 heteroatoms. The highest BCUT2D eigenvalue weighted by atomic mass is 16.5. The molecule has 1 saturated heterocycles. The van der Waals surface area contributed by atoms with Crippen LogP contribution in [0.4, 0.5) is 5.95 Å². The summed E-state index contributed by atoms with van der Waals surface area (Å²) in [5.41, 5.74) is 5.66. The van der Waals surface area contributed by atoms with Crippen molar-refractivity contribution in [2.75, 3.05) is 31.6 Å². The van der Waals surface area contributed by atoms with Crippen LogP contribution < -0.4 is 10.6 Å². The Morgan fingerprint density at radius 2 is 2.05 bits per heavy atom. The van der Waals surface area contributed by atoms with Gasteiger partial charge in [-0.3, -0.25) is 5.10 Å². The van der Waals surface area contributed by atoms with Crippen molar-refractivity contribution in [3.05, 3.63) is 5.82 Å². The zero-order valence-electron chi connectivity index (χ0n) is 12.4. The summed E-state index contributed by atoms with van der Waals surface area (Å²) in [5, 5.41) is 7.28. The van der Waals surface area contributed by atoms with Crippen LogP contribution in [0.25, 0.3) is 0 Å². The maximum absolute atomic E-state index is 5.83. The van der Waals surface area contributed by atoms with Crippen LogP contribution in [0, 0.1) is 5.41 Å². The fraction of sp³-hybridized carbons (Fsp3) is 0.846. The summed E-state index contributed by atoms with van der Waals surface area (Å²) < 4.78 is 5.41. The van der Waals surface area contributed by atoms with Gasteiger partial charge in [0.2, 0.25) is 5.95 Å². The van der Waals surface area contributed by atoms with E-state index in [1.165, 1.54) is 0 Å². The standard InChI is InChI=1S/C13H25N5O/c1-12(2,19-4)10-15-11(17-16-10)18-7-5-13(3,9-14)6-8-18/h5-9,14H2,1-4H3,(H,15,16,17). The average molecular weight is 267 g/mol. The largest absolute Gasteiger partial charge is 0.371 e. The predicted octanol–water partition coefficient (Wildman–Crippen LogP) is 1.25. The normalized spacial score (nSPS) is 19.7. The van der Waals surface area contributed by atoms with Crippen LogP contribution in [0.5, 0.6) is 0 Å². The molecule has 1 aromatic rings. The molecule has 6 nitrogen and oxygen atoms in total. The van der Waals surface area contributed by atoms with Crippen LogP contribution >= 0.6 is 0 Å². The van der Waals surface area contributed by atoms with Crippen molar-refractivity contribution in [3.63, 3.8) is 0 Å². The highest BCUT2D eigenvalue weighted by molar-refractivity contribution is 5.30. The molecule has 2 rings (SSSR count). The van der Waals surface area contributed by atoms with E-state index in [-0.39, 0.29) is 5.41 Å². The van der Waals surface area contributed by atoms with E-state index in [1.807, 2.05) is 13.8 Å². The van der Waals surface area contributed by atoms with Gasteiger partial charge in [-0.1, -0.05) is 6.92 Å². The smallest absolute Gasteiger partial charge is 0.244 e. The Morgan fingerprint density at radius 3 is 2.58 bits per heavy atom. The summed E-state index contributed by atoms with van der Waals surface area (Å²) >= 11 is 0. The van der Waals surface area contributed by atoms with Gasteiger partial charge in [0.05, 0.1) is 0 Å². The van der Waals surface area contributed by atoms with Crippen LogP contribution in [0.2, 0.25) is 0 Å². The monoisotopic (exact) mass is 267 g/mol. The van der Waals surface area contributed by atoms with E-state index in [9.17, 15) is 0 Å². The third-order valence-electron chi connectivity index (χ3n) is 4.30. The average Bonchev–Trinajstić information content (AvgIpc) is 2.90. The van der Waals surface area contributed by atoms with Gasteiger partial charge in [-0.05, 0) is 38.6 Å². The second-order valence-corrected chi connectivity index (χ2v) is 6.20. The van der Waals surface area contributed by atoms with E-state index < -0.39 is 5.60 Å². The topological polar surface area (TPSA) is 80.1 Å². The number of hydrogen-bond donors (Lipinski definition) is 2. The summed E-state index contributed by atoms with van der Waals surface area (Å²) in [7, 11) is 1.68. The van der Waals surface area contributed by atoms with E-state index in [1.54, 1.807) is 7.11 Å². The molecular weight excluding hydrogens is 242 g/mol. The number of nitrogens with zero attached hydrogens (tertiary/aromatic N) is 3. The molecule has 0 spiro atoms. The molecule has 0 amide bonds. The summed E-state index contributed by atoms with van der Waals surface area (Å²) in [4.78, 5) is 6.76. The lowest BCUT2D eigenvalue weighted by Crippen LogP contribution is -2.42. The molecule has 0 radical (unpaired) electrons. The van der Waals surface area contributed by atoms with Gasteiger partial charge in [-0.25, -0.2) is 0 Å². The van der Waals surface area contributed by atoms with Crippen molar-refractivity contribution in [2.45, 2.75) is 39.2 Å². The molecular formula is C13H25N5O. The molecule has 108 valence electrons. The van der Waals surface area contributed by atoms with Gasteiger partial charge in [0.1, 0.15) is 5.60 Å². The lowest BCUT2D eigenvalue weighted by Gasteiger charge is -2.38. The van der Waals surface area contributed by atoms with E-state index in [4.69, 9.17) is 10.5 Å². The minimum Gasteiger partial charge on any atom is -0.371 e. The molecule has 1 aliphatic rings. The van der Waals surface area contributed by atoms with Crippen LogP contribution in [0.15, 0.2) is 0 Å². The number of methoxy groups -OCH3 is 1. The van der Waals surface area contributed by atoms with E-state index in [0.717, 1.165) is 44.2 Å². The maximum Gasteiger partial charge on any atom is 0.244 e.